The van der Waals surface area contributed by atoms with Crippen LogP contribution >= 0.6 is 11.6 Å². The van der Waals surface area contributed by atoms with Gasteiger partial charge in [-0.15, -0.1) is 0 Å². The molecule has 4 aromatic rings. The summed E-state index contributed by atoms with van der Waals surface area (Å²) in [7, 11) is 0. The van der Waals surface area contributed by atoms with Gasteiger partial charge in [0.2, 0.25) is 0 Å². The van der Waals surface area contributed by atoms with Gasteiger partial charge in [0.25, 0.3) is 5.56 Å². The second kappa shape index (κ2) is 8.38. The highest BCUT2D eigenvalue weighted by Gasteiger charge is 2.13. The number of benzene rings is 2. The SMILES string of the molecule is O=c1cc(CNC(Cc2ccccc2)c2ccccc2)nc2ccc(Cl)cn12. The Bertz CT molecular complexity index is 1130. The third-order valence-electron chi connectivity index (χ3n) is 4.69. The van der Waals surface area contributed by atoms with Crippen LogP contribution in [0.2, 0.25) is 5.02 Å². The number of halogens is 1. The van der Waals surface area contributed by atoms with Gasteiger partial charge in [-0.3, -0.25) is 9.20 Å². The number of nitrogens with one attached hydrogen (secondary N) is 1. The van der Waals surface area contributed by atoms with Crippen molar-refractivity contribution in [2.75, 3.05) is 0 Å². The molecule has 1 unspecified atom stereocenters. The summed E-state index contributed by atoms with van der Waals surface area (Å²) in [6.07, 6.45) is 2.44. The van der Waals surface area contributed by atoms with E-state index < -0.39 is 0 Å². The van der Waals surface area contributed by atoms with Crippen LogP contribution in [0.25, 0.3) is 5.65 Å². The topological polar surface area (TPSA) is 46.4 Å². The van der Waals surface area contributed by atoms with E-state index in [1.54, 1.807) is 24.4 Å². The summed E-state index contributed by atoms with van der Waals surface area (Å²) in [6, 6.07) is 25.9. The van der Waals surface area contributed by atoms with Gasteiger partial charge in [-0.25, -0.2) is 4.98 Å². The largest absolute Gasteiger partial charge is 0.304 e. The van der Waals surface area contributed by atoms with Gasteiger partial charge < -0.3 is 5.32 Å². The molecule has 2 aromatic carbocycles. The van der Waals surface area contributed by atoms with Crippen molar-refractivity contribution in [1.29, 1.82) is 0 Å². The van der Waals surface area contributed by atoms with Gasteiger partial charge >= 0.3 is 0 Å². The lowest BCUT2D eigenvalue weighted by Crippen LogP contribution is -2.25. The number of hydrogen-bond acceptors (Lipinski definition) is 3. The van der Waals surface area contributed by atoms with E-state index in [0.717, 1.165) is 6.42 Å². The Balaban J connectivity index is 1.58. The molecule has 0 aliphatic carbocycles. The van der Waals surface area contributed by atoms with E-state index >= 15 is 0 Å². The van der Waals surface area contributed by atoms with Gasteiger partial charge in [0.1, 0.15) is 5.65 Å². The minimum absolute atomic E-state index is 0.120. The molecule has 4 rings (SSSR count). The first-order valence-electron chi connectivity index (χ1n) is 9.19. The van der Waals surface area contributed by atoms with Crippen LogP contribution < -0.4 is 10.9 Å². The Kier molecular flexibility index (Phi) is 5.51. The first-order chi connectivity index (χ1) is 13.7. The summed E-state index contributed by atoms with van der Waals surface area (Å²) in [5.41, 5.74) is 3.62. The predicted molar refractivity (Wildman–Crippen MR) is 113 cm³/mol. The molecule has 0 saturated heterocycles. The smallest absolute Gasteiger partial charge is 0.258 e. The fourth-order valence-corrected chi connectivity index (χ4v) is 3.45. The summed E-state index contributed by atoms with van der Waals surface area (Å²) >= 11 is 5.98. The minimum atomic E-state index is -0.136. The molecular formula is C23H20ClN3O. The average molecular weight is 390 g/mol. The number of aromatic nitrogens is 2. The zero-order chi connectivity index (χ0) is 19.3. The standard InChI is InChI=1S/C23H20ClN3O/c24-19-11-12-22-26-20(14-23(28)27(22)16-19)15-25-21(18-9-5-2-6-10-18)13-17-7-3-1-4-8-17/h1-12,14,16,21,25H,13,15H2. The molecule has 2 heterocycles. The maximum atomic E-state index is 12.4. The van der Waals surface area contributed by atoms with E-state index in [-0.39, 0.29) is 11.6 Å². The lowest BCUT2D eigenvalue weighted by Gasteiger charge is -2.19. The Morgan fingerprint density at radius 3 is 2.43 bits per heavy atom. The van der Waals surface area contributed by atoms with Gasteiger partial charge in [0.15, 0.2) is 0 Å². The van der Waals surface area contributed by atoms with E-state index in [1.807, 2.05) is 36.4 Å². The lowest BCUT2D eigenvalue weighted by molar-refractivity contribution is 0.525. The molecular weight excluding hydrogens is 370 g/mol. The zero-order valence-corrected chi connectivity index (χ0v) is 16.0. The van der Waals surface area contributed by atoms with E-state index in [2.05, 4.69) is 34.6 Å². The fraction of sp³-hybridized carbons (Fsp3) is 0.130. The van der Waals surface area contributed by atoms with Crippen LogP contribution in [0.1, 0.15) is 22.9 Å². The molecule has 4 nitrogen and oxygen atoms in total. The molecule has 5 heteroatoms. The number of nitrogens with zero attached hydrogens (tertiary/aromatic N) is 2. The van der Waals surface area contributed by atoms with Crippen molar-refractivity contribution < 1.29 is 0 Å². The van der Waals surface area contributed by atoms with Crippen LogP contribution in [0, 0.1) is 0 Å². The molecule has 0 spiro atoms. The van der Waals surface area contributed by atoms with Crippen LogP contribution in [0.3, 0.4) is 0 Å². The molecule has 2 aromatic heterocycles. The molecule has 0 bridgehead atoms. The highest BCUT2D eigenvalue weighted by molar-refractivity contribution is 6.30. The number of fused-ring (bicyclic) bond motifs is 1. The predicted octanol–water partition coefficient (Wildman–Crippen LogP) is 4.42. The van der Waals surface area contributed by atoms with Crippen LogP contribution in [-0.4, -0.2) is 9.38 Å². The van der Waals surface area contributed by atoms with Crippen molar-refractivity contribution >= 4 is 17.2 Å². The summed E-state index contributed by atoms with van der Waals surface area (Å²) in [4.78, 5) is 17.0. The number of pyridine rings is 1. The maximum absolute atomic E-state index is 12.4. The molecule has 0 fully saturated rings. The molecule has 0 saturated carbocycles. The highest BCUT2D eigenvalue weighted by Crippen LogP contribution is 2.19. The Morgan fingerprint density at radius 1 is 0.964 bits per heavy atom. The Hall–Kier alpha value is -2.95. The van der Waals surface area contributed by atoms with Gasteiger partial charge in [0.05, 0.1) is 10.7 Å². The van der Waals surface area contributed by atoms with Crippen molar-refractivity contribution in [3.8, 4) is 0 Å². The van der Waals surface area contributed by atoms with E-state index in [9.17, 15) is 4.79 Å². The molecule has 28 heavy (non-hydrogen) atoms. The maximum Gasteiger partial charge on any atom is 0.258 e. The Labute approximate surface area is 168 Å². The van der Waals surface area contributed by atoms with Crippen molar-refractivity contribution in [3.63, 3.8) is 0 Å². The first-order valence-corrected chi connectivity index (χ1v) is 9.57. The average Bonchev–Trinajstić information content (AvgIpc) is 2.73. The van der Waals surface area contributed by atoms with Crippen LogP contribution in [0.4, 0.5) is 0 Å². The summed E-state index contributed by atoms with van der Waals surface area (Å²) in [5, 5.41) is 4.08. The number of hydrogen-bond donors (Lipinski definition) is 1. The zero-order valence-electron chi connectivity index (χ0n) is 15.3. The molecule has 0 radical (unpaired) electrons. The summed E-state index contributed by atoms with van der Waals surface area (Å²) in [6.45, 7) is 0.501. The van der Waals surface area contributed by atoms with Crippen LogP contribution in [0.15, 0.2) is 89.9 Å². The second-order valence-electron chi connectivity index (χ2n) is 6.70. The van der Waals surface area contributed by atoms with Crippen molar-refractivity contribution in [2.45, 2.75) is 19.0 Å². The van der Waals surface area contributed by atoms with Crippen molar-refractivity contribution in [2.24, 2.45) is 0 Å². The van der Waals surface area contributed by atoms with E-state index in [0.29, 0.717) is 22.9 Å². The molecule has 0 aliphatic rings. The second-order valence-corrected chi connectivity index (χ2v) is 7.13. The quantitative estimate of drug-likeness (QED) is 0.531. The van der Waals surface area contributed by atoms with Crippen LogP contribution in [-0.2, 0) is 13.0 Å². The third-order valence-corrected chi connectivity index (χ3v) is 4.91. The van der Waals surface area contributed by atoms with Crippen molar-refractivity contribution in [3.05, 3.63) is 117 Å². The summed E-state index contributed by atoms with van der Waals surface area (Å²) < 4.78 is 1.46. The Morgan fingerprint density at radius 2 is 1.68 bits per heavy atom. The van der Waals surface area contributed by atoms with Gasteiger partial charge in [0, 0.05) is 24.8 Å². The number of rotatable bonds is 6. The highest BCUT2D eigenvalue weighted by atomic mass is 35.5. The monoisotopic (exact) mass is 389 g/mol. The molecule has 0 aliphatic heterocycles. The van der Waals surface area contributed by atoms with E-state index in [1.165, 1.54) is 15.5 Å². The molecule has 0 amide bonds. The van der Waals surface area contributed by atoms with Gasteiger partial charge in [-0.05, 0) is 29.7 Å². The van der Waals surface area contributed by atoms with E-state index in [4.69, 9.17) is 11.6 Å². The first kappa shape index (κ1) is 18.4. The fourth-order valence-electron chi connectivity index (χ4n) is 3.29. The van der Waals surface area contributed by atoms with Crippen LogP contribution in [0.5, 0.6) is 0 Å². The lowest BCUT2D eigenvalue weighted by atomic mass is 9.99. The normalized spacial score (nSPS) is 12.2. The van der Waals surface area contributed by atoms with Gasteiger partial charge in [-0.1, -0.05) is 72.3 Å². The minimum Gasteiger partial charge on any atom is -0.304 e. The molecule has 1 N–H and O–H groups in total. The van der Waals surface area contributed by atoms with Crippen molar-refractivity contribution in [1.82, 2.24) is 14.7 Å². The third kappa shape index (κ3) is 4.30. The molecule has 140 valence electrons. The van der Waals surface area contributed by atoms with Gasteiger partial charge in [-0.2, -0.15) is 0 Å². The summed E-state index contributed by atoms with van der Waals surface area (Å²) in [5.74, 6) is 0. The molecule has 1 atom stereocenters.